The van der Waals surface area contributed by atoms with Crippen LogP contribution in [-0.4, -0.2) is 75.4 Å². The zero-order chi connectivity index (χ0) is 22.6. The standard InChI is InChI=1S/C25H31N7O/c1-31-10-12-32(13-11-31)17-18-2-4-19(5-3-18)24(33)30-25-28-15-21-7-6-20(14-22(21)29-25)23-16-26-8-9-27-23/h6-9,14-16,18-19H,2-5,10-13,17H2,1H3,(H,28,29,30,33)/t18-,19-. The second-order valence-electron chi connectivity index (χ2n) is 9.37. The van der Waals surface area contributed by atoms with E-state index in [1.54, 1.807) is 24.8 Å². The fourth-order valence-corrected chi connectivity index (χ4v) is 4.91. The Morgan fingerprint density at radius 1 is 1.03 bits per heavy atom. The van der Waals surface area contributed by atoms with E-state index >= 15 is 0 Å². The van der Waals surface area contributed by atoms with Crippen LogP contribution in [0.25, 0.3) is 22.2 Å². The molecule has 2 aromatic heterocycles. The Morgan fingerprint density at radius 3 is 2.61 bits per heavy atom. The summed E-state index contributed by atoms with van der Waals surface area (Å²) in [6.45, 7) is 5.81. The summed E-state index contributed by atoms with van der Waals surface area (Å²) in [5.74, 6) is 1.15. The van der Waals surface area contributed by atoms with Crippen molar-refractivity contribution < 1.29 is 4.79 Å². The molecule has 0 spiro atoms. The molecule has 2 aliphatic rings. The lowest BCUT2D eigenvalue weighted by Gasteiger charge is -2.36. The van der Waals surface area contributed by atoms with Crippen LogP contribution in [0.2, 0.25) is 0 Å². The molecule has 33 heavy (non-hydrogen) atoms. The lowest BCUT2D eigenvalue weighted by molar-refractivity contribution is -0.121. The molecule has 0 unspecified atom stereocenters. The van der Waals surface area contributed by atoms with E-state index in [9.17, 15) is 4.79 Å². The van der Waals surface area contributed by atoms with Crippen LogP contribution in [0, 0.1) is 11.8 Å². The summed E-state index contributed by atoms with van der Waals surface area (Å²) in [5.41, 5.74) is 2.50. The predicted molar refractivity (Wildman–Crippen MR) is 129 cm³/mol. The van der Waals surface area contributed by atoms with Gasteiger partial charge in [0.2, 0.25) is 11.9 Å². The SMILES string of the molecule is CN1CCN(C[C@H]2CC[C@H](C(=O)Nc3ncc4ccc(-c5cnccn5)cc4n3)CC2)CC1. The Balaban J connectivity index is 1.18. The van der Waals surface area contributed by atoms with E-state index in [-0.39, 0.29) is 11.8 Å². The van der Waals surface area contributed by atoms with E-state index < -0.39 is 0 Å². The fraction of sp³-hybridized carbons (Fsp3) is 0.480. The van der Waals surface area contributed by atoms with Crippen molar-refractivity contribution in [2.75, 3.05) is 45.1 Å². The van der Waals surface area contributed by atoms with Gasteiger partial charge in [-0.2, -0.15) is 0 Å². The molecule has 8 nitrogen and oxygen atoms in total. The van der Waals surface area contributed by atoms with Crippen LogP contribution in [0.15, 0.2) is 43.0 Å². The summed E-state index contributed by atoms with van der Waals surface area (Å²) in [5, 5.41) is 3.88. The first-order chi connectivity index (χ1) is 16.1. The number of benzene rings is 1. The van der Waals surface area contributed by atoms with Crippen LogP contribution in [0.1, 0.15) is 25.7 Å². The number of fused-ring (bicyclic) bond motifs is 1. The van der Waals surface area contributed by atoms with Gasteiger partial charge in [0.1, 0.15) is 0 Å². The quantitative estimate of drug-likeness (QED) is 0.646. The third-order valence-electron chi connectivity index (χ3n) is 7.01. The van der Waals surface area contributed by atoms with E-state index in [2.05, 4.69) is 42.1 Å². The first kappa shape index (κ1) is 21.9. The summed E-state index contributed by atoms with van der Waals surface area (Å²) >= 11 is 0. The highest BCUT2D eigenvalue weighted by Gasteiger charge is 2.28. The van der Waals surface area contributed by atoms with Crippen molar-refractivity contribution in [1.29, 1.82) is 0 Å². The highest BCUT2D eigenvalue weighted by molar-refractivity contribution is 5.92. The minimum atomic E-state index is 0.0393. The summed E-state index contributed by atoms with van der Waals surface area (Å²) in [4.78, 5) is 35.3. The fourth-order valence-electron chi connectivity index (χ4n) is 4.91. The van der Waals surface area contributed by atoms with Crippen molar-refractivity contribution in [2.45, 2.75) is 25.7 Å². The van der Waals surface area contributed by atoms with Gasteiger partial charge in [-0.05, 0) is 44.7 Å². The number of carbonyl (C=O) groups is 1. The Morgan fingerprint density at radius 2 is 1.85 bits per heavy atom. The van der Waals surface area contributed by atoms with Gasteiger partial charge in [-0.15, -0.1) is 0 Å². The number of hydrogen-bond acceptors (Lipinski definition) is 7. The maximum atomic E-state index is 12.9. The number of hydrogen-bond donors (Lipinski definition) is 1. The van der Waals surface area contributed by atoms with Crippen LogP contribution in [-0.2, 0) is 4.79 Å². The van der Waals surface area contributed by atoms with Gasteiger partial charge in [0.25, 0.3) is 0 Å². The minimum Gasteiger partial charge on any atom is -0.304 e. The maximum absolute atomic E-state index is 12.9. The number of anilines is 1. The number of amides is 1. The van der Waals surface area contributed by atoms with E-state index in [0.717, 1.165) is 74.0 Å². The molecule has 5 rings (SSSR count). The number of aromatic nitrogens is 4. The van der Waals surface area contributed by atoms with E-state index in [0.29, 0.717) is 11.9 Å². The van der Waals surface area contributed by atoms with Gasteiger partial charge in [-0.25, -0.2) is 9.97 Å². The van der Waals surface area contributed by atoms with Gasteiger partial charge in [-0.1, -0.05) is 12.1 Å². The molecule has 1 saturated heterocycles. The van der Waals surface area contributed by atoms with E-state index in [4.69, 9.17) is 0 Å². The number of piperazine rings is 1. The van der Waals surface area contributed by atoms with Gasteiger partial charge in [0.15, 0.2) is 0 Å². The van der Waals surface area contributed by atoms with Crippen LogP contribution < -0.4 is 5.32 Å². The molecule has 8 heteroatoms. The predicted octanol–water partition coefficient (Wildman–Crippen LogP) is 3.08. The van der Waals surface area contributed by atoms with Crippen molar-refractivity contribution in [3.8, 4) is 11.3 Å². The van der Waals surface area contributed by atoms with Gasteiger partial charge >= 0.3 is 0 Å². The number of nitrogens with one attached hydrogen (secondary N) is 1. The average Bonchev–Trinajstić information content (AvgIpc) is 2.86. The number of carbonyl (C=O) groups excluding carboxylic acids is 1. The lowest BCUT2D eigenvalue weighted by Crippen LogP contribution is -2.46. The third kappa shape index (κ3) is 5.34. The maximum Gasteiger partial charge on any atom is 0.229 e. The summed E-state index contributed by atoms with van der Waals surface area (Å²) in [6.07, 6.45) is 10.9. The number of nitrogens with zero attached hydrogens (tertiary/aromatic N) is 6. The van der Waals surface area contributed by atoms with Gasteiger partial charge in [0, 0.05) is 68.2 Å². The molecule has 3 heterocycles. The molecule has 2 fully saturated rings. The van der Waals surface area contributed by atoms with Crippen LogP contribution in [0.3, 0.4) is 0 Å². The number of likely N-dealkylation sites (N-methyl/N-ethyl adjacent to an activating group) is 1. The molecule has 1 N–H and O–H groups in total. The first-order valence-electron chi connectivity index (χ1n) is 11.9. The Bertz CT molecular complexity index is 1090. The van der Waals surface area contributed by atoms with Crippen molar-refractivity contribution in [2.24, 2.45) is 11.8 Å². The molecule has 0 radical (unpaired) electrons. The topological polar surface area (TPSA) is 87.1 Å². The summed E-state index contributed by atoms with van der Waals surface area (Å²) < 4.78 is 0. The largest absolute Gasteiger partial charge is 0.304 e. The normalized spacial score (nSPS) is 22.3. The molecule has 1 amide bonds. The lowest BCUT2D eigenvalue weighted by atomic mass is 9.81. The Hall–Kier alpha value is -2.97. The van der Waals surface area contributed by atoms with Gasteiger partial charge in [0.05, 0.1) is 17.4 Å². The minimum absolute atomic E-state index is 0.0393. The molecule has 0 bridgehead atoms. The Kier molecular flexibility index (Phi) is 6.55. The molecular formula is C25H31N7O. The molecule has 172 valence electrons. The first-order valence-corrected chi connectivity index (χ1v) is 11.9. The highest BCUT2D eigenvalue weighted by atomic mass is 16.2. The molecule has 1 aliphatic heterocycles. The zero-order valence-corrected chi connectivity index (χ0v) is 19.2. The van der Waals surface area contributed by atoms with E-state index in [1.165, 1.54) is 6.54 Å². The highest BCUT2D eigenvalue weighted by Crippen LogP contribution is 2.30. The molecule has 1 aromatic carbocycles. The smallest absolute Gasteiger partial charge is 0.229 e. The van der Waals surface area contributed by atoms with Gasteiger partial charge in [-0.3, -0.25) is 20.1 Å². The zero-order valence-electron chi connectivity index (χ0n) is 19.2. The van der Waals surface area contributed by atoms with Gasteiger partial charge < -0.3 is 9.80 Å². The monoisotopic (exact) mass is 445 g/mol. The van der Waals surface area contributed by atoms with Crippen LogP contribution in [0.4, 0.5) is 5.95 Å². The summed E-state index contributed by atoms with van der Waals surface area (Å²) in [6, 6.07) is 5.90. The second kappa shape index (κ2) is 9.89. The number of rotatable bonds is 5. The molecule has 1 saturated carbocycles. The molecule has 3 aromatic rings. The second-order valence-corrected chi connectivity index (χ2v) is 9.37. The van der Waals surface area contributed by atoms with Crippen LogP contribution >= 0.6 is 0 Å². The van der Waals surface area contributed by atoms with Crippen molar-refractivity contribution in [3.63, 3.8) is 0 Å². The van der Waals surface area contributed by atoms with E-state index in [1.807, 2.05) is 18.2 Å². The molecular weight excluding hydrogens is 414 g/mol. The molecule has 0 atom stereocenters. The Labute approximate surface area is 194 Å². The summed E-state index contributed by atoms with van der Waals surface area (Å²) in [7, 11) is 2.19. The van der Waals surface area contributed by atoms with Crippen molar-refractivity contribution >= 4 is 22.8 Å². The average molecular weight is 446 g/mol. The van der Waals surface area contributed by atoms with Crippen molar-refractivity contribution in [1.82, 2.24) is 29.7 Å². The molecule has 1 aliphatic carbocycles. The van der Waals surface area contributed by atoms with Crippen LogP contribution in [0.5, 0.6) is 0 Å². The third-order valence-corrected chi connectivity index (χ3v) is 7.01. The van der Waals surface area contributed by atoms with Crippen molar-refractivity contribution in [3.05, 3.63) is 43.0 Å².